The van der Waals surface area contributed by atoms with E-state index in [4.69, 9.17) is 19.3 Å². The molecule has 11 nitrogen and oxygen atoms in total. The minimum Gasteiger partial charge on any atom is -0.394 e. The van der Waals surface area contributed by atoms with Gasteiger partial charge in [0, 0.05) is 6.54 Å². The molecule has 1 aliphatic rings. The summed E-state index contributed by atoms with van der Waals surface area (Å²) in [5.41, 5.74) is 0. The molecular formula is C23H41F6NO10. The van der Waals surface area contributed by atoms with Gasteiger partial charge in [-0.15, -0.1) is 8.78 Å². The Balaban J connectivity index is 2.15. The van der Waals surface area contributed by atoms with Crippen LogP contribution in [0.2, 0.25) is 0 Å². The maximum Gasteiger partial charge on any atom is 0.495 e. The summed E-state index contributed by atoms with van der Waals surface area (Å²) in [6.45, 7) is -2.92. The number of aliphatic hydroxyl groups is 3. The Hall–Kier alpha value is -0.860. The zero-order valence-corrected chi connectivity index (χ0v) is 22.3. The van der Waals surface area contributed by atoms with Gasteiger partial charge in [0.15, 0.2) is 0 Å². The molecule has 40 heavy (non-hydrogen) atoms. The quantitative estimate of drug-likeness (QED) is 0.0840. The van der Waals surface area contributed by atoms with E-state index in [9.17, 15) is 36.6 Å². The van der Waals surface area contributed by atoms with Crippen molar-refractivity contribution < 1.29 is 74.8 Å². The predicted octanol–water partition coefficient (Wildman–Crippen LogP) is 1.43. The lowest BCUT2D eigenvalue weighted by molar-refractivity contribution is -0.518. The largest absolute Gasteiger partial charge is 0.495 e. The van der Waals surface area contributed by atoms with E-state index in [1.54, 1.807) is 0 Å². The van der Waals surface area contributed by atoms with Crippen molar-refractivity contribution in [1.29, 1.82) is 0 Å². The average Bonchev–Trinajstić information content (AvgIpc) is 3.11. The molecule has 0 bridgehead atoms. The Morgan fingerprint density at radius 1 is 0.600 bits per heavy atom. The summed E-state index contributed by atoms with van der Waals surface area (Å²) in [5.74, 6) is 0. The molecule has 0 aromatic rings. The fourth-order valence-electron chi connectivity index (χ4n) is 3.42. The fourth-order valence-corrected chi connectivity index (χ4v) is 3.42. The zero-order valence-electron chi connectivity index (χ0n) is 22.3. The molecule has 2 unspecified atom stereocenters. The second-order valence-corrected chi connectivity index (χ2v) is 9.02. The molecular weight excluding hydrogens is 564 g/mol. The van der Waals surface area contributed by atoms with Crippen molar-refractivity contribution in [2.75, 3.05) is 92.3 Å². The third-order valence-corrected chi connectivity index (χ3v) is 5.18. The predicted molar refractivity (Wildman–Crippen MR) is 125 cm³/mol. The standard InChI is InChI=1S/C23H41F6NO10/c24-21(25,39-23(28,29)40-22(26,27)18-38-16-20(33)14-35-10-8-31)17-37-12-11-36-15-19(32)13-34-9-7-30-5-3-1-2-4-6-30/h19-20,31-33H,1-18H2. The van der Waals surface area contributed by atoms with Crippen molar-refractivity contribution in [2.24, 2.45) is 0 Å². The molecule has 17 heteroatoms. The van der Waals surface area contributed by atoms with Crippen LogP contribution in [0.5, 0.6) is 0 Å². The topological polar surface area (TPSA) is 129 Å². The van der Waals surface area contributed by atoms with E-state index >= 15 is 0 Å². The zero-order chi connectivity index (χ0) is 29.9. The summed E-state index contributed by atoms with van der Waals surface area (Å²) < 4.78 is 111. The Kier molecular flexibility index (Phi) is 18.7. The Bertz CT molecular complexity index is 633. The summed E-state index contributed by atoms with van der Waals surface area (Å²) in [7, 11) is 0. The van der Waals surface area contributed by atoms with Crippen LogP contribution in [-0.4, -0.2) is 143 Å². The number of alkyl halides is 6. The molecule has 0 aliphatic carbocycles. The molecule has 0 radical (unpaired) electrons. The molecule has 1 saturated heterocycles. The van der Waals surface area contributed by atoms with Gasteiger partial charge in [-0.3, -0.25) is 0 Å². The molecule has 0 aromatic heterocycles. The van der Waals surface area contributed by atoms with Crippen molar-refractivity contribution >= 4 is 0 Å². The maximum absolute atomic E-state index is 13.6. The van der Waals surface area contributed by atoms with Crippen LogP contribution < -0.4 is 0 Å². The first-order valence-electron chi connectivity index (χ1n) is 13.0. The Morgan fingerprint density at radius 3 is 1.60 bits per heavy atom. The summed E-state index contributed by atoms with van der Waals surface area (Å²) in [4.78, 5) is 2.29. The van der Waals surface area contributed by atoms with Gasteiger partial charge < -0.3 is 43.9 Å². The highest BCUT2D eigenvalue weighted by Gasteiger charge is 2.52. The number of likely N-dealkylation sites (tertiary alicyclic amines) is 1. The van der Waals surface area contributed by atoms with Gasteiger partial charge in [-0.05, 0) is 25.9 Å². The molecule has 3 N–H and O–H groups in total. The van der Waals surface area contributed by atoms with Gasteiger partial charge in [0.25, 0.3) is 0 Å². The van der Waals surface area contributed by atoms with Crippen LogP contribution in [0.3, 0.4) is 0 Å². The number of ether oxygens (including phenoxy) is 7. The lowest BCUT2D eigenvalue weighted by Crippen LogP contribution is -2.44. The number of hydrogen-bond donors (Lipinski definition) is 3. The molecule has 240 valence electrons. The van der Waals surface area contributed by atoms with Crippen LogP contribution in [0.1, 0.15) is 25.7 Å². The van der Waals surface area contributed by atoms with Crippen molar-refractivity contribution in [2.45, 2.75) is 56.4 Å². The van der Waals surface area contributed by atoms with E-state index in [0.717, 1.165) is 32.5 Å². The molecule has 0 aromatic carbocycles. The number of aliphatic hydroxyl groups excluding tert-OH is 3. The lowest BCUT2D eigenvalue weighted by atomic mass is 10.2. The number of halogens is 6. The van der Waals surface area contributed by atoms with Gasteiger partial charge in [-0.2, -0.15) is 17.6 Å². The summed E-state index contributed by atoms with van der Waals surface area (Å²) in [5, 5.41) is 27.7. The minimum atomic E-state index is -5.42. The third kappa shape index (κ3) is 20.1. The van der Waals surface area contributed by atoms with E-state index in [1.165, 1.54) is 12.8 Å². The Morgan fingerprint density at radius 2 is 1.05 bits per heavy atom. The maximum atomic E-state index is 13.6. The summed E-state index contributed by atoms with van der Waals surface area (Å²) in [6, 6.07) is 0. The van der Waals surface area contributed by atoms with Gasteiger partial charge in [-0.1, -0.05) is 12.8 Å². The first-order valence-corrected chi connectivity index (χ1v) is 13.0. The molecule has 1 fully saturated rings. The first-order chi connectivity index (χ1) is 18.8. The fraction of sp³-hybridized carbons (Fsp3) is 1.00. The van der Waals surface area contributed by atoms with Gasteiger partial charge in [0.05, 0.1) is 59.5 Å². The molecule has 1 heterocycles. The van der Waals surface area contributed by atoms with E-state index in [1.807, 2.05) is 0 Å². The number of hydrogen-bond acceptors (Lipinski definition) is 11. The van der Waals surface area contributed by atoms with Crippen molar-refractivity contribution in [1.82, 2.24) is 4.90 Å². The smallest absolute Gasteiger partial charge is 0.394 e. The van der Waals surface area contributed by atoms with Crippen LogP contribution in [0, 0.1) is 0 Å². The Labute approximate surface area is 229 Å². The highest BCUT2D eigenvalue weighted by Crippen LogP contribution is 2.33. The molecule has 0 saturated carbocycles. The monoisotopic (exact) mass is 605 g/mol. The molecule has 1 rings (SSSR count). The number of nitrogens with zero attached hydrogens (tertiary/aromatic N) is 1. The van der Waals surface area contributed by atoms with E-state index in [0.29, 0.717) is 6.61 Å². The summed E-state index contributed by atoms with van der Waals surface area (Å²) >= 11 is 0. The van der Waals surface area contributed by atoms with Gasteiger partial charge in [-0.25, -0.2) is 9.47 Å². The van der Waals surface area contributed by atoms with Gasteiger partial charge in [0.1, 0.15) is 25.4 Å². The van der Waals surface area contributed by atoms with E-state index in [-0.39, 0.29) is 33.0 Å². The third-order valence-electron chi connectivity index (χ3n) is 5.18. The van der Waals surface area contributed by atoms with Crippen molar-refractivity contribution in [3.63, 3.8) is 0 Å². The first kappa shape index (κ1) is 37.2. The second-order valence-electron chi connectivity index (χ2n) is 9.02. The molecule has 0 amide bonds. The van der Waals surface area contributed by atoms with Crippen LogP contribution in [0.25, 0.3) is 0 Å². The summed E-state index contributed by atoms with van der Waals surface area (Å²) in [6.07, 6.45) is -12.5. The minimum absolute atomic E-state index is 0.00495. The SMILES string of the molecule is OCCOCC(O)COCC(F)(F)OC(F)(F)OC(F)(F)COCCOCC(O)COCCN1CCCCCC1. The van der Waals surface area contributed by atoms with E-state index in [2.05, 4.69) is 23.8 Å². The highest BCUT2D eigenvalue weighted by atomic mass is 19.3. The lowest BCUT2D eigenvalue weighted by Gasteiger charge is -2.26. The molecule has 2 atom stereocenters. The normalized spacial score (nSPS) is 17.6. The van der Waals surface area contributed by atoms with Crippen LogP contribution >= 0.6 is 0 Å². The average molecular weight is 606 g/mol. The van der Waals surface area contributed by atoms with Gasteiger partial charge >= 0.3 is 18.5 Å². The van der Waals surface area contributed by atoms with Crippen molar-refractivity contribution in [3.8, 4) is 0 Å². The van der Waals surface area contributed by atoms with E-state index < -0.39 is 63.8 Å². The van der Waals surface area contributed by atoms with Crippen LogP contribution in [-0.2, 0) is 33.2 Å². The highest BCUT2D eigenvalue weighted by molar-refractivity contribution is 4.63. The van der Waals surface area contributed by atoms with Crippen molar-refractivity contribution in [3.05, 3.63) is 0 Å². The van der Waals surface area contributed by atoms with Crippen LogP contribution in [0.4, 0.5) is 26.3 Å². The molecule has 0 spiro atoms. The van der Waals surface area contributed by atoms with Crippen LogP contribution in [0.15, 0.2) is 0 Å². The number of rotatable bonds is 24. The molecule has 1 aliphatic heterocycles. The van der Waals surface area contributed by atoms with Gasteiger partial charge in [0.2, 0.25) is 0 Å². The second kappa shape index (κ2) is 20.1.